The molecule has 2 aliphatic heterocycles. The van der Waals surface area contributed by atoms with Gasteiger partial charge in [0.05, 0.1) is 18.6 Å². The van der Waals surface area contributed by atoms with Crippen LogP contribution in [0.5, 0.6) is 0 Å². The molecule has 0 radical (unpaired) electrons. The van der Waals surface area contributed by atoms with Crippen molar-refractivity contribution in [3.05, 3.63) is 0 Å². The summed E-state index contributed by atoms with van der Waals surface area (Å²) in [7, 11) is 0. The van der Waals surface area contributed by atoms with Crippen molar-refractivity contribution in [1.29, 1.82) is 0 Å². The Balaban J connectivity index is 1.32. The lowest BCUT2D eigenvalue weighted by atomic mass is 10.0. The first-order valence-electron chi connectivity index (χ1n) is 13.2. The van der Waals surface area contributed by atoms with Gasteiger partial charge in [-0.1, -0.05) is 25.7 Å². The van der Waals surface area contributed by atoms with Crippen molar-refractivity contribution in [3.63, 3.8) is 0 Å². The molecule has 0 aromatic rings. The fourth-order valence-electron chi connectivity index (χ4n) is 4.40. The minimum atomic E-state index is -0.122. The molecule has 3 unspecified atom stereocenters. The molecule has 0 bridgehead atoms. The van der Waals surface area contributed by atoms with Gasteiger partial charge in [0.25, 0.3) is 0 Å². The molecule has 0 saturated carbocycles. The monoisotopic (exact) mass is 512 g/mol. The largest absolute Gasteiger partial charge is 0.356 e. The van der Waals surface area contributed by atoms with Crippen LogP contribution in [0, 0.1) is 0 Å². The van der Waals surface area contributed by atoms with E-state index in [1.165, 1.54) is 0 Å². The number of carbonyl (C=O) groups is 4. The Labute approximate surface area is 213 Å². The molecule has 2 fully saturated rings. The van der Waals surface area contributed by atoms with Crippen molar-refractivity contribution in [1.82, 2.24) is 26.6 Å². The van der Waals surface area contributed by atoms with E-state index in [1.54, 1.807) is 0 Å². The van der Waals surface area contributed by atoms with Crippen LogP contribution in [-0.4, -0.2) is 73.0 Å². The normalized spacial score (nSPS) is 20.6. The molecule has 0 aromatic carbocycles. The molecule has 10 nitrogen and oxygen atoms in total. The van der Waals surface area contributed by atoms with Gasteiger partial charge >= 0.3 is 6.03 Å². The Morgan fingerprint density at radius 3 is 1.91 bits per heavy atom. The molecule has 2 rings (SSSR count). The molecule has 0 spiro atoms. The average molecular weight is 513 g/mol. The molecule has 3 atom stereocenters. The first-order chi connectivity index (χ1) is 17.0. The summed E-state index contributed by atoms with van der Waals surface area (Å²) in [4.78, 5) is 46.3. The van der Waals surface area contributed by atoms with Gasteiger partial charge in [-0.25, -0.2) is 4.79 Å². The fourth-order valence-corrected chi connectivity index (χ4v) is 5.94. The van der Waals surface area contributed by atoms with Crippen LogP contribution in [0.2, 0.25) is 0 Å². The molecule has 35 heavy (non-hydrogen) atoms. The van der Waals surface area contributed by atoms with Gasteiger partial charge in [0.15, 0.2) is 0 Å². The minimum Gasteiger partial charge on any atom is -0.356 e. The zero-order valence-electron chi connectivity index (χ0n) is 20.9. The molecule has 0 aliphatic carbocycles. The standard InChI is InChI=1S/C24H44N6O4S/c25-16-22(33)28-15-8-2-1-7-13-26-20(31)11-4-3-9-14-27-21(32)12-6-5-10-19-23-18(17-35-19)29-24(34)30-23/h18-19,23H,1-17,25H2,(H,26,31)(H,27,32)(H,28,33)(H2,29,30,34). The first-order valence-corrected chi connectivity index (χ1v) is 14.2. The third kappa shape index (κ3) is 12.5. The summed E-state index contributed by atoms with van der Waals surface area (Å²) in [6.45, 7) is 2.04. The summed E-state index contributed by atoms with van der Waals surface area (Å²) in [6, 6.07) is 0.434. The number of rotatable bonds is 19. The molecular weight excluding hydrogens is 468 g/mol. The molecule has 7 N–H and O–H groups in total. The van der Waals surface area contributed by atoms with Gasteiger partial charge in [-0.05, 0) is 38.5 Å². The maximum Gasteiger partial charge on any atom is 0.315 e. The van der Waals surface area contributed by atoms with Crippen LogP contribution in [-0.2, 0) is 14.4 Å². The number of thioether (sulfide) groups is 1. The minimum absolute atomic E-state index is 0.0318. The Kier molecular flexibility index (Phi) is 14.5. The summed E-state index contributed by atoms with van der Waals surface area (Å²) < 4.78 is 0. The number of nitrogens with one attached hydrogen (secondary N) is 5. The Morgan fingerprint density at radius 1 is 0.771 bits per heavy atom. The number of nitrogens with two attached hydrogens (primary N) is 1. The Morgan fingerprint density at radius 2 is 1.31 bits per heavy atom. The van der Waals surface area contributed by atoms with Gasteiger partial charge in [0.2, 0.25) is 17.7 Å². The average Bonchev–Trinajstić information content (AvgIpc) is 3.39. The predicted octanol–water partition coefficient (Wildman–Crippen LogP) is 1.14. The maximum atomic E-state index is 12.0. The van der Waals surface area contributed by atoms with E-state index in [1.807, 2.05) is 11.8 Å². The molecule has 2 heterocycles. The molecule has 200 valence electrons. The zero-order valence-corrected chi connectivity index (χ0v) is 21.7. The van der Waals surface area contributed by atoms with E-state index in [4.69, 9.17) is 5.73 Å². The van der Waals surface area contributed by atoms with Gasteiger partial charge in [-0.3, -0.25) is 14.4 Å². The van der Waals surface area contributed by atoms with Crippen LogP contribution < -0.4 is 32.3 Å². The number of hydrogen-bond donors (Lipinski definition) is 6. The third-order valence-electron chi connectivity index (χ3n) is 6.42. The number of carbonyl (C=O) groups excluding carboxylic acids is 4. The van der Waals surface area contributed by atoms with Crippen LogP contribution in [0.25, 0.3) is 0 Å². The number of unbranched alkanes of at least 4 members (excludes halogenated alkanes) is 6. The van der Waals surface area contributed by atoms with Crippen molar-refractivity contribution in [2.24, 2.45) is 5.73 Å². The number of fused-ring (bicyclic) bond motifs is 1. The highest BCUT2D eigenvalue weighted by Gasteiger charge is 2.42. The Bertz CT molecular complexity index is 680. The number of urea groups is 1. The first kappa shape index (κ1) is 29.2. The second kappa shape index (κ2) is 17.4. The lowest BCUT2D eigenvalue weighted by Gasteiger charge is -2.16. The van der Waals surface area contributed by atoms with E-state index in [0.29, 0.717) is 37.7 Å². The van der Waals surface area contributed by atoms with E-state index in [-0.39, 0.29) is 42.4 Å². The lowest BCUT2D eigenvalue weighted by molar-refractivity contribution is -0.122. The number of amides is 5. The second-order valence-corrected chi connectivity index (χ2v) is 10.6. The van der Waals surface area contributed by atoms with E-state index >= 15 is 0 Å². The van der Waals surface area contributed by atoms with Crippen LogP contribution in [0.4, 0.5) is 4.79 Å². The van der Waals surface area contributed by atoms with Crippen molar-refractivity contribution in [2.45, 2.75) is 94.4 Å². The second-order valence-electron chi connectivity index (χ2n) is 9.35. The van der Waals surface area contributed by atoms with Crippen molar-refractivity contribution in [2.75, 3.05) is 31.9 Å². The summed E-state index contributed by atoms with van der Waals surface area (Å²) in [5.41, 5.74) is 5.22. The van der Waals surface area contributed by atoms with Crippen LogP contribution in [0.1, 0.15) is 77.0 Å². The smallest absolute Gasteiger partial charge is 0.315 e. The van der Waals surface area contributed by atoms with Crippen molar-refractivity contribution >= 4 is 35.5 Å². The third-order valence-corrected chi connectivity index (χ3v) is 7.93. The van der Waals surface area contributed by atoms with E-state index in [0.717, 1.165) is 70.0 Å². The van der Waals surface area contributed by atoms with Gasteiger partial charge < -0.3 is 32.3 Å². The summed E-state index contributed by atoms with van der Waals surface area (Å²) in [5.74, 6) is 1.03. The predicted molar refractivity (Wildman–Crippen MR) is 139 cm³/mol. The molecular formula is C24H44N6O4S. The molecule has 0 aromatic heterocycles. The van der Waals surface area contributed by atoms with Gasteiger partial charge in [0.1, 0.15) is 0 Å². The molecule has 2 aliphatic rings. The van der Waals surface area contributed by atoms with Crippen LogP contribution >= 0.6 is 11.8 Å². The van der Waals surface area contributed by atoms with Gasteiger partial charge in [0, 0.05) is 43.5 Å². The van der Waals surface area contributed by atoms with Gasteiger partial charge in [-0.2, -0.15) is 11.8 Å². The highest BCUT2D eigenvalue weighted by atomic mass is 32.2. The van der Waals surface area contributed by atoms with E-state index in [2.05, 4.69) is 26.6 Å². The summed E-state index contributed by atoms with van der Waals surface area (Å²) in [6.07, 6.45) is 10.5. The zero-order chi connectivity index (χ0) is 25.3. The SMILES string of the molecule is NCC(=O)NCCCCCCNC(=O)CCCCCNC(=O)CCCCC1SCC2NC(=O)NC21. The molecule has 2 saturated heterocycles. The van der Waals surface area contributed by atoms with Crippen LogP contribution in [0.3, 0.4) is 0 Å². The van der Waals surface area contributed by atoms with Crippen LogP contribution in [0.15, 0.2) is 0 Å². The fraction of sp³-hybridized carbons (Fsp3) is 0.833. The van der Waals surface area contributed by atoms with E-state index < -0.39 is 0 Å². The van der Waals surface area contributed by atoms with E-state index in [9.17, 15) is 19.2 Å². The van der Waals surface area contributed by atoms with Gasteiger partial charge in [-0.15, -0.1) is 0 Å². The molecule has 5 amide bonds. The summed E-state index contributed by atoms with van der Waals surface area (Å²) in [5, 5.41) is 15.1. The van der Waals surface area contributed by atoms with Crippen molar-refractivity contribution < 1.29 is 19.2 Å². The molecule has 11 heteroatoms. The summed E-state index contributed by atoms with van der Waals surface area (Å²) >= 11 is 1.91. The van der Waals surface area contributed by atoms with Crippen molar-refractivity contribution in [3.8, 4) is 0 Å². The quantitative estimate of drug-likeness (QED) is 0.113. The highest BCUT2D eigenvalue weighted by Crippen LogP contribution is 2.33. The maximum absolute atomic E-state index is 12.0. The highest BCUT2D eigenvalue weighted by molar-refractivity contribution is 8.00. The number of hydrogen-bond acceptors (Lipinski definition) is 6. The topological polar surface area (TPSA) is 154 Å². The Hall–Kier alpha value is -2.01. The lowest BCUT2D eigenvalue weighted by Crippen LogP contribution is -2.36.